The number of guanidine groups is 1. The van der Waals surface area contributed by atoms with Gasteiger partial charge in [0.2, 0.25) is 0 Å². The van der Waals surface area contributed by atoms with E-state index in [1.54, 1.807) is 19.1 Å². The van der Waals surface area contributed by atoms with Crippen molar-refractivity contribution < 1.29 is 9.47 Å². The van der Waals surface area contributed by atoms with Crippen LogP contribution in [0.3, 0.4) is 0 Å². The molecule has 1 heterocycles. The van der Waals surface area contributed by atoms with E-state index in [-0.39, 0.29) is 6.04 Å². The maximum absolute atomic E-state index is 9.25. The molecule has 21 heavy (non-hydrogen) atoms. The monoisotopic (exact) mass is 286 g/mol. The lowest BCUT2D eigenvalue weighted by Crippen LogP contribution is -2.47. The van der Waals surface area contributed by atoms with Crippen molar-refractivity contribution >= 4 is 11.6 Å². The summed E-state index contributed by atoms with van der Waals surface area (Å²) in [6.45, 7) is 4.19. The Bertz CT molecular complexity index is 602. The molecule has 0 saturated carbocycles. The highest BCUT2D eigenvalue weighted by Gasteiger charge is 2.32. The zero-order chi connectivity index (χ0) is 15.4. The molecule has 2 rings (SSSR count). The van der Waals surface area contributed by atoms with Gasteiger partial charge in [-0.05, 0) is 6.07 Å². The standard InChI is InChI=1S/C15H18N4O2/c1-10(8-16)14-11-6-4-5-7-12(11)18-15(17)19(14)9-13(20-2)21-3/h4-7,13-14H,1,9H2,2-3H3,(H2,17,18). The van der Waals surface area contributed by atoms with Gasteiger partial charge in [0.1, 0.15) is 0 Å². The first kappa shape index (κ1) is 15.0. The molecule has 0 bridgehead atoms. The summed E-state index contributed by atoms with van der Waals surface area (Å²) in [5.41, 5.74) is 8.09. The van der Waals surface area contributed by atoms with Crippen molar-refractivity contribution in [3.05, 3.63) is 42.0 Å². The van der Waals surface area contributed by atoms with E-state index in [0.29, 0.717) is 18.1 Å². The van der Waals surface area contributed by atoms with E-state index in [1.807, 2.05) is 24.3 Å². The van der Waals surface area contributed by atoms with Crippen LogP contribution in [0.2, 0.25) is 0 Å². The number of aliphatic imine (C=N–C) groups is 1. The predicted octanol–water partition coefficient (Wildman–Crippen LogP) is 1.69. The SMILES string of the molecule is C=C(C#N)C1c2ccccc2N=C(N)N1CC(OC)OC. The molecule has 6 nitrogen and oxygen atoms in total. The number of hydrogen-bond donors (Lipinski definition) is 1. The summed E-state index contributed by atoms with van der Waals surface area (Å²) in [4.78, 5) is 6.14. The maximum atomic E-state index is 9.25. The van der Waals surface area contributed by atoms with Gasteiger partial charge in [-0.1, -0.05) is 24.8 Å². The molecule has 1 aliphatic heterocycles. The van der Waals surface area contributed by atoms with Gasteiger partial charge in [0, 0.05) is 25.4 Å². The van der Waals surface area contributed by atoms with Crippen molar-refractivity contribution in [2.75, 3.05) is 20.8 Å². The number of rotatable bonds is 5. The third-order valence-electron chi connectivity index (χ3n) is 3.42. The number of nitrogens with two attached hydrogens (primary N) is 1. The molecule has 0 aliphatic carbocycles. The van der Waals surface area contributed by atoms with Crippen LogP contribution in [0.15, 0.2) is 41.4 Å². The molecule has 0 radical (unpaired) electrons. The summed E-state index contributed by atoms with van der Waals surface area (Å²) < 4.78 is 10.4. The Kier molecular flexibility index (Phi) is 4.58. The zero-order valence-electron chi connectivity index (χ0n) is 12.1. The Hall–Kier alpha value is -2.36. The topological polar surface area (TPSA) is 83.9 Å². The Morgan fingerprint density at radius 1 is 1.48 bits per heavy atom. The zero-order valence-corrected chi connectivity index (χ0v) is 12.1. The molecule has 1 aromatic carbocycles. The molecule has 1 aliphatic rings. The fourth-order valence-corrected chi connectivity index (χ4v) is 2.35. The van der Waals surface area contributed by atoms with Crippen LogP contribution in [0.4, 0.5) is 5.69 Å². The number of nitrogens with zero attached hydrogens (tertiary/aromatic N) is 3. The van der Waals surface area contributed by atoms with Gasteiger partial charge in [-0.15, -0.1) is 0 Å². The number of benzene rings is 1. The first-order chi connectivity index (χ1) is 10.1. The summed E-state index contributed by atoms with van der Waals surface area (Å²) in [6.07, 6.45) is -0.474. The van der Waals surface area contributed by atoms with Crippen LogP contribution in [-0.4, -0.2) is 37.9 Å². The third-order valence-corrected chi connectivity index (χ3v) is 3.42. The molecular formula is C15H18N4O2. The Balaban J connectivity index is 2.44. The van der Waals surface area contributed by atoms with Gasteiger partial charge in [-0.25, -0.2) is 4.99 Å². The lowest BCUT2D eigenvalue weighted by atomic mass is 9.96. The quantitative estimate of drug-likeness (QED) is 0.657. The van der Waals surface area contributed by atoms with Crippen molar-refractivity contribution in [1.82, 2.24) is 4.90 Å². The molecule has 2 N–H and O–H groups in total. The minimum atomic E-state index is -0.474. The average Bonchev–Trinajstić information content (AvgIpc) is 2.51. The molecule has 1 unspecified atom stereocenters. The summed E-state index contributed by atoms with van der Waals surface area (Å²) in [6, 6.07) is 9.30. The largest absolute Gasteiger partial charge is 0.369 e. The molecule has 110 valence electrons. The number of methoxy groups -OCH3 is 2. The van der Waals surface area contributed by atoms with E-state index in [2.05, 4.69) is 17.6 Å². The number of fused-ring (bicyclic) bond motifs is 1. The van der Waals surface area contributed by atoms with Crippen molar-refractivity contribution in [1.29, 1.82) is 5.26 Å². The van der Waals surface area contributed by atoms with Crippen LogP contribution in [0, 0.1) is 11.3 Å². The van der Waals surface area contributed by atoms with Gasteiger partial charge >= 0.3 is 0 Å². The number of para-hydroxylation sites is 1. The average molecular weight is 286 g/mol. The van der Waals surface area contributed by atoms with Gasteiger partial charge in [0.25, 0.3) is 0 Å². The van der Waals surface area contributed by atoms with Gasteiger partial charge in [-0.2, -0.15) is 5.26 Å². The minimum Gasteiger partial charge on any atom is -0.369 e. The van der Waals surface area contributed by atoms with Crippen LogP contribution in [0.1, 0.15) is 11.6 Å². The second-order valence-electron chi connectivity index (χ2n) is 4.62. The molecule has 0 amide bonds. The van der Waals surface area contributed by atoms with Crippen molar-refractivity contribution in [3.8, 4) is 6.07 Å². The number of ether oxygens (including phenoxy) is 2. The first-order valence-electron chi connectivity index (χ1n) is 6.46. The Morgan fingerprint density at radius 3 is 2.76 bits per heavy atom. The van der Waals surface area contributed by atoms with E-state index >= 15 is 0 Å². The Labute approximate surface area is 124 Å². The lowest BCUT2D eigenvalue weighted by molar-refractivity contribution is -0.111. The highest BCUT2D eigenvalue weighted by molar-refractivity contribution is 5.85. The van der Waals surface area contributed by atoms with Crippen LogP contribution >= 0.6 is 0 Å². The van der Waals surface area contributed by atoms with Crippen molar-refractivity contribution in [2.24, 2.45) is 10.7 Å². The summed E-state index contributed by atoms with van der Waals surface area (Å²) >= 11 is 0. The predicted molar refractivity (Wildman–Crippen MR) is 79.7 cm³/mol. The molecule has 1 atom stereocenters. The minimum absolute atomic E-state index is 0.314. The van der Waals surface area contributed by atoms with Crippen molar-refractivity contribution in [2.45, 2.75) is 12.3 Å². The second-order valence-corrected chi connectivity index (χ2v) is 4.62. The van der Waals surface area contributed by atoms with E-state index in [0.717, 1.165) is 11.3 Å². The number of hydrogen-bond acceptors (Lipinski definition) is 6. The van der Waals surface area contributed by atoms with E-state index in [9.17, 15) is 5.26 Å². The molecule has 1 aromatic rings. The molecule has 0 spiro atoms. The second kappa shape index (κ2) is 6.39. The molecular weight excluding hydrogens is 268 g/mol. The molecule has 0 saturated heterocycles. The lowest BCUT2D eigenvalue weighted by Gasteiger charge is -2.37. The van der Waals surface area contributed by atoms with E-state index in [4.69, 9.17) is 15.2 Å². The van der Waals surface area contributed by atoms with Crippen LogP contribution in [0.5, 0.6) is 0 Å². The summed E-state index contributed by atoms with van der Waals surface area (Å²) in [5.74, 6) is 0.314. The maximum Gasteiger partial charge on any atom is 0.197 e. The van der Waals surface area contributed by atoms with E-state index in [1.165, 1.54) is 0 Å². The normalized spacial score (nSPS) is 17.1. The first-order valence-corrected chi connectivity index (χ1v) is 6.46. The summed E-state index contributed by atoms with van der Waals surface area (Å²) in [7, 11) is 3.10. The molecule has 0 aromatic heterocycles. The van der Waals surface area contributed by atoms with Gasteiger partial charge in [0.05, 0.1) is 24.3 Å². The van der Waals surface area contributed by atoms with Crippen molar-refractivity contribution in [3.63, 3.8) is 0 Å². The van der Waals surface area contributed by atoms with Gasteiger partial charge in [-0.3, -0.25) is 0 Å². The highest BCUT2D eigenvalue weighted by atomic mass is 16.7. The molecule has 6 heteroatoms. The molecule has 0 fully saturated rings. The summed E-state index contributed by atoms with van der Waals surface area (Å²) in [5, 5.41) is 9.25. The van der Waals surface area contributed by atoms with E-state index < -0.39 is 6.29 Å². The van der Waals surface area contributed by atoms with Crippen LogP contribution in [-0.2, 0) is 9.47 Å². The van der Waals surface area contributed by atoms with Gasteiger partial charge in [0.15, 0.2) is 12.2 Å². The Morgan fingerprint density at radius 2 is 2.14 bits per heavy atom. The fraction of sp³-hybridized carbons (Fsp3) is 0.333. The highest BCUT2D eigenvalue weighted by Crippen LogP contribution is 2.37. The van der Waals surface area contributed by atoms with Crippen LogP contribution in [0.25, 0.3) is 0 Å². The van der Waals surface area contributed by atoms with Crippen LogP contribution < -0.4 is 5.73 Å². The number of nitriles is 1. The smallest absolute Gasteiger partial charge is 0.197 e. The van der Waals surface area contributed by atoms with Gasteiger partial charge < -0.3 is 20.1 Å². The fourth-order valence-electron chi connectivity index (χ4n) is 2.35. The third kappa shape index (κ3) is 2.89.